The van der Waals surface area contributed by atoms with Crippen LogP contribution in [0.4, 0.5) is 0 Å². The summed E-state index contributed by atoms with van der Waals surface area (Å²) in [7, 11) is 0. The van der Waals surface area contributed by atoms with Crippen LogP contribution in [0.15, 0.2) is 212 Å². The van der Waals surface area contributed by atoms with Gasteiger partial charge in [0.15, 0.2) is 17.5 Å². The van der Waals surface area contributed by atoms with E-state index < -0.39 is 0 Å². The molecule has 0 bridgehead atoms. The smallest absolute Gasteiger partial charge is 0.164 e. The topological polar surface area (TPSA) is 38.7 Å². The van der Waals surface area contributed by atoms with Crippen molar-refractivity contribution in [3.8, 4) is 56.4 Å². The van der Waals surface area contributed by atoms with E-state index in [1.54, 1.807) is 0 Å². The number of benzene rings is 11. The fraction of sp³-hybridized carbons (Fsp3) is 0. The minimum absolute atomic E-state index is 0.633. The quantitative estimate of drug-likeness (QED) is 0.164. The summed E-state index contributed by atoms with van der Waals surface area (Å²) in [6, 6.07) is 75.9. The number of aromatic nitrogens is 3. The van der Waals surface area contributed by atoms with Crippen LogP contribution in [0, 0.1) is 0 Å². The molecule has 11 aromatic carbocycles. The monoisotopic (exact) mass is 761 g/mol. The van der Waals surface area contributed by atoms with Gasteiger partial charge in [-0.15, -0.1) is 0 Å². The molecule has 0 amide bonds. The van der Waals surface area contributed by atoms with Crippen LogP contribution in [0.1, 0.15) is 0 Å². The second-order valence-electron chi connectivity index (χ2n) is 15.5. The molecule has 12 rings (SSSR count). The van der Waals surface area contributed by atoms with Crippen molar-refractivity contribution >= 4 is 64.6 Å². The molecular weight excluding hydrogens is 727 g/mol. The van der Waals surface area contributed by atoms with E-state index in [4.69, 9.17) is 15.0 Å². The van der Waals surface area contributed by atoms with Crippen molar-refractivity contribution in [2.45, 2.75) is 0 Å². The molecule has 0 atom stereocenters. The first kappa shape index (κ1) is 34.1. The van der Waals surface area contributed by atoms with Crippen molar-refractivity contribution in [3.63, 3.8) is 0 Å². The zero-order valence-electron chi connectivity index (χ0n) is 32.5. The molecule has 0 aliphatic heterocycles. The summed E-state index contributed by atoms with van der Waals surface area (Å²) in [6.07, 6.45) is 0. The van der Waals surface area contributed by atoms with Crippen molar-refractivity contribution in [2.75, 3.05) is 0 Å². The van der Waals surface area contributed by atoms with E-state index in [2.05, 4.69) is 212 Å². The summed E-state index contributed by atoms with van der Waals surface area (Å²) in [5, 5.41) is 14.7. The molecule has 60 heavy (non-hydrogen) atoms. The molecule has 0 fully saturated rings. The fourth-order valence-corrected chi connectivity index (χ4v) is 9.30. The molecule has 0 spiro atoms. The molecule has 0 saturated carbocycles. The molecule has 0 saturated heterocycles. The van der Waals surface area contributed by atoms with Gasteiger partial charge < -0.3 is 0 Å². The van der Waals surface area contributed by atoms with Crippen molar-refractivity contribution in [1.29, 1.82) is 0 Å². The average molecular weight is 762 g/mol. The molecule has 0 N–H and O–H groups in total. The Morgan fingerprint density at radius 3 is 1.20 bits per heavy atom. The Kier molecular flexibility index (Phi) is 7.85. The highest BCUT2D eigenvalue weighted by Gasteiger charge is 2.18. The number of fused-ring (bicyclic) bond motifs is 10. The lowest BCUT2D eigenvalue weighted by molar-refractivity contribution is 1.08. The van der Waals surface area contributed by atoms with E-state index in [0.717, 1.165) is 49.4 Å². The highest BCUT2D eigenvalue weighted by atomic mass is 15.0. The predicted molar refractivity (Wildman–Crippen MR) is 252 cm³/mol. The molecular formula is C57H35N3. The first-order chi connectivity index (χ1) is 29.7. The van der Waals surface area contributed by atoms with Gasteiger partial charge in [-0.2, -0.15) is 0 Å². The summed E-state index contributed by atoms with van der Waals surface area (Å²) < 4.78 is 0. The van der Waals surface area contributed by atoms with Gasteiger partial charge in [-0.25, -0.2) is 15.0 Å². The number of rotatable bonds is 5. The lowest BCUT2D eigenvalue weighted by Crippen LogP contribution is -2.01. The molecule has 0 aliphatic rings. The third-order valence-electron chi connectivity index (χ3n) is 12.1. The third-order valence-corrected chi connectivity index (χ3v) is 12.1. The van der Waals surface area contributed by atoms with Crippen molar-refractivity contribution in [1.82, 2.24) is 15.0 Å². The molecule has 3 heteroatoms. The average Bonchev–Trinajstić information content (AvgIpc) is 3.33. The fourth-order valence-electron chi connectivity index (χ4n) is 9.30. The minimum Gasteiger partial charge on any atom is -0.208 e. The predicted octanol–water partition coefficient (Wildman–Crippen LogP) is 15.1. The van der Waals surface area contributed by atoms with Gasteiger partial charge in [-0.05, 0) is 105 Å². The van der Waals surface area contributed by atoms with Crippen LogP contribution in [0.5, 0.6) is 0 Å². The molecule has 0 radical (unpaired) electrons. The van der Waals surface area contributed by atoms with Gasteiger partial charge in [-0.1, -0.05) is 194 Å². The maximum atomic E-state index is 5.22. The molecule has 1 heterocycles. The van der Waals surface area contributed by atoms with Crippen molar-refractivity contribution in [2.24, 2.45) is 0 Å². The number of hydrogen-bond donors (Lipinski definition) is 0. The summed E-state index contributed by atoms with van der Waals surface area (Å²) in [5.41, 5.74) is 7.49. The van der Waals surface area contributed by atoms with Gasteiger partial charge in [0.05, 0.1) is 0 Å². The third kappa shape index (κ3) is 5.55. The van der Waals surface area contributed by atoms with Crippen LogP contribution in [0.25, 0.3) is 121 Å². The van der Waals surface area contributed by atoms with Crippen LogP contribution in [0.2, 0.25) is 0 Å². The van der Waals surface area contributed by atoms with Crippen LogP contribution in [-0.4, -0.2) is 15.0 Å². The Labute approximate surface area is 346 Å². The van der Waals surface area contributed by atoms with Gasteiger partial charge in [0.1, 0.15) is 0 Å². The minimum atomic E-state index is 0.633. The summed E-state index contributed by atoms with van der Waals surface area (Å²) in [6.45, 7) is 0. The normalized spacial score (nSPS) is 11.7. The summed E-state index contributed by atoms with van der Waals surface area (Å²) in [4.78, 5) is 15.6. The molecule has 12 aromatic rings. The zero-order chi connectivity index (χ0) is 39.6. The maximum Gasteiger partial charge on any atom is 0.164 e. The van der Waals surface area contributed by atoms with Gasteiger partial charge in [0.2, 0.25) is 0 Å². The van der Waals surface area contributed by atoms with Crippen LogP contribution in [-0.2, 0) is 0 Å². The molecule has 3 nitrogen and oxygen atoms in total. The largest absolute Gasteiger partial charge is 0.208 e. The Bertz CT molecular complexity index is 3570. The lowest BCUT2D eigenvalue weighted by Gasteiger charge is -2.16. The molecule has 1 aromatic heterocycles. The van der Waals surface area contributed by atoms with Crippen molar-refractivity contribution < 1.29 is 0 Å². The van der Waals surface area contributed by atoms with E-state index in [9.17, 15) is 0 Å². The lowest BCUT2D eigenvalue weighted by atomic mass is 9.87. The van der Waals surface area contributed by atoms with E-state index in [1.165, 1.54) is 54.2 Å². The van der Waals surface area contributed by atoms with E-state index in [0.29, 0.717) is 17.5 Å². The van der Waals surface area contributed by atoms with Gasteiger partial charge >= 0.3 is 0 Å². The summed E-state index contributed by atoms with van der Waals surface area (Å²) >= 11 is 0. The molecule has 278 valence electrons. The second-order valence-corrected chi connectivity index (χ2v) is 15.5. The number of hydrogen-bond acceptors (Lipinski definition) is 3. The summed E-state index contributed by atoms with van der Waals surface area (Å²) in [5.74, 6) is 1.93. The van der Waals surface area contributed by atoms with Gasteiger partial charge in [0, 0.05) is 16.7 Å². The van der Waals surface area contributed by atoms with E-state index >= 15 is 0 Å². The Morgan fingerprint density at radius 2 is 0.600 bits per heavy atom. The first-order valence-corrected chi connectivity index (χ1v) is 20.4. The maximum absolute atomic E-state index is 5.22. The highest BCUT2D eigenvalue weighted by molar-refractivity contribution is 6.33. The Balaban J connectivity index is 1.03. The zero-order valence-corrected chi connectivity index (χ0v) is 32.5. The number of nitrogens with zero attached hydrogens (tertiary/aromatic N) is 3. The van der Waals surface area contributed by atoms with Crippen molar-refractivity contribution in [3.05, 3.63) is 212 Å². The highest BCUT2D eigenvalue weighted by Crippen LogP contribution is 2.43. The Morgan fingerprint density at radius 1 is 0.217 bits per heavy atom. The Hall–Kier alpha value is -8.01. The first-order valence-electron chi connectivity index (χ1n) is 20.4. The standard InChI is InChI=1S/C57H35N3/c1-3-23-42-36(15-1)17-13-31-50(42)56-58-55(59-57(60-56)51-32-14-18-37-16-2-4-24-43(37)51)41-22-12-20-39(34-41)38-19-11-21-40(33-38)52-35-53-46-27-6-5-25-44(46)45-26-7-9-29-48(45)54(53)49-30-10-8-28-47(49)52/h1-35H. The van der Waals surface area contributed by atoms with Gasteiger partial charge in [0.25, 0.3) is 0 Å². The molecule has 0 aliphatic carbocycles. The van der Waals surface area contributed by atoms with E-state index in [-0.39, 0.29) is 0 Å². The van der Waals surface area contributed by atoms with Crippen LogP contribution in [0.3, 0.4) is 0 Å². The SMILES string of the molecule is c1cc(-c2cccc(-c3cc4c5ccccc5c5ccccc5c4c4ccccc34)c2)cc(-c2nc(-c3cccc4ccccc34)nc(-c3cccc4ccccc34)n2)c1. The van der Waals surface area contributed by atoms with E-state index in [1.807, 2.05) is 0 Å². The molecule has 0 unspecified atom stereocenters. The second kappa shape index (κ2) is 13.8. The van der Waals surface area contributed by atoms with Crippen LogP contribution < -0.4 is 0 Å². The van der Waals surface area contributed by atoms with Crippen LogP contribution >= 0.6 is 0 Å². The van der Waals surface area contributed by atoms with Gasteiger partial charge in [-0.3, -0.25) is 0 Å².